The number of methoxy groups -OCH3 is 1. The number of hydrogen-bond acceptors (Lipinski definition) is 5. The molecular weight excluding hydrogens is 248 g/mol. The molecule has 5 nitrogen and oxygen atoms in total. The topological polar surface area (TPSA) is 68.2 Å². The molecule has 0 radical (unpaired) electrons. The molecule has 1 atom stereocenters. The molecule has 0 aromatic heterocycles. The van der Waals surface area contributed by atoms with Gasteiger partial charge in [0.2, 0.25) is 5.75 Å². The van der Waals surface area contributed by atoms with Crippen LogP contribution in [0.2, 0.25) is 0 Å². The zero-order valence-electron chi connectivity index (χ0n) is 10.4. The molecule has 5 heteroatoms. The van der Waals surface area contributed by atoms with E-state index in [1.54, 1.807) is 6.07 Å². The van der Waals surface area contributed by atoms with Crippen LogP contribution in [0.5, 0.6) is 17.2 Å². The summed E-state index contributed by atoms with van der Waals surface area (Å²) in [5.74, 6) is 1.09. The molecule has 0 bridgehead atoms. The van der Waals surface area contributed by atoms with Crippen molar-refractivity contribution in [2.24, 2.45) is 0 Å². The maximum absolute atomic E-state index is 9.37. The molecule has 19 heavy (non-hydrogen) atoms. The lowest BCUT2D eigenvalue weighted by Crippen LogP contribution is -2.37. The summed E-state index contributed by atoms with van der Waals surface area (Å²) in [7, 11) is 1.49. The van der Waals surface area contributed by atoms with Crippen molar-refractivity contribution in [1.82, 2.24) is 0 Å². The van der Waals surface area contributed by atoms with Crippen LogP contribution in [-0.2, 0) is 0 Å². The molecule has 2 N–H and O–H groups in total. The Morgan fingerprint density at radius 1 is 1.26 bits per heavy atom. The van der Waals surface area contributed by atoms with Crippen LogP contribution in [0.15, 0.2) is 36.4 Å². The summed E-state index contributed by atoms with van der Waals surface area (Å²) in [6.07, 6.45) is 6.37. The van der Waals surface area contributed by atoms with Crippen molar-refractivity contribution >= 4 is 0 Å². The first-order valence-electron chi connectivity index (χ1n) is 5.97. The van der Waals surface area contributed by atoms with Crippen LogP contribution in [-0.4, -0.2) is 23.5 Å². The van der Waals surface area contributed by atoms with Crippen LogP contribution in [0.1, 0.15) is 17.9 Å². The Morgan fingerprint density at radius 2 is 2.11 bits per heavy atom. The second-order valence-electron chi connectivity index (χ2n) is 4.46. The minimum atomic E-state index is -2.63. The van der Waals surface area contributed by atoms with E-state index in [2.05, 4.69) is 12.2 Å². The first-order valence-corrected chi connectivity index (χ1v) is 5.97. The van der Waals surface area contributed by atoms with Crippen molar-refractivity contribution in [2.45, 2.75) is 18.5 Å². The molecule has 3 rings (SSSR count). The van der Waals surface area contributed by atoms with Gasteiger partial charge >= 0.3 is 6.16 Å². The van der Waals surface area contributed by atoms with Crippen molar-refractivity contribution < 1.29 is 24.4 Å². The van der Waals surface area contributed by atoms with Crippen LogP contribution < -0.4 is 14.2 Å². The molecule has 1 unspecified atom stereocenters. The van der Waals surface area contributed by atoms with E-state index in [0.717, 1.165) is 12.0 Å². The van der Waals surface area contributed by atoms with Gasteiger partial charge < -0.3 is 14.2 Å². The van der Waals surface area contributed by atoms with Gasteiger partial charge in [0.15, 0.2) is 11.5 Å². The first-order chi connectivity index (χ1) is 9.09. The van der Waals surface area contributed by atoms with Gasteiger partial charge in [-0.3, -0.25) is 10.2 Å². The summed E-state index contributed by atoms with van der Waals surface area (Å²) in [6.45, 7) is 0. The number of allylic oxidation sites excluding steroid dienone is 4. The Hall–Kier alpha value is -1.98. The third-order valence-corrected chi connectivity index (χ3v) is 3.15. The third-order valence-electron chi connectivity index (χ3n) is 3.15. The second-order valence-corrected chi connectivity index (χ2v) is 4.46. The Morgan fingerprint density at radius 3 is 2.79 bits per heavy atom. The summed E-state index contributed by atoms with van der Waals surface area (Å²) < 4.78 is 15.0. The Bertz CT molecular complexity index is 559. The summed E-state index contributed by atoms with van der Waals surface area (Å²) in [6, 6.07) is 3.55. The summed E-state index contributed by atoms with van der Waals surface area (Å²) >= 11 is 0. The lowest BCUT2D eigenvalue weighted by Gasteiger charge is -2.15. The molecule has 1 aliphatic carbocycles. The monoisotopic (exact) mass is 262 g/mol. The van der Waals surface area contributed by atoms with Gasteiger partial charge in [-0.05, 0) is 24.1 Å². The fraction of sp³-hybridized carbons (Fsp3) is 0.286. The minimum absolute atomic E-state index is 0.201. The highest BCUT2D eigenvalue weighted by molar-refractivity contribution is 5.56. The van der Waals surface area contributed by atoms with Gasteiger partial charge in [-0.15, -0.1) is 0 Å². The summed E-state index contributed by atoms with van der Waals surface area (Å²) in [5.41, 5.74) is 0.970. The van der Waals surface area contributed by atoms with Crippen LogP contribution >= 0.6 is 0 Å². The van der Waals surface area contributed by atoms with Crippen LogP contribution in [0, 0.1) is 0 Å². The predicted molar refractivity (Wildman–Crippen MR) is 67.1 cm³/mol. The largest absolute Gasteiger partial charge is 0.505 e. The van der Waals surface area contributed by atoms with Crippen LogP contribution in [0.25, 0.3) is 0 Å². The molecule has 1 aliphatic heterocycles. The minimum Gasteiger partial charge on any atom is -0.493 e. The van der Waals surface area contributed by atoms with E-state index in [4.69, 9.17) is 14.2 Å². The van der Waals surface area contributed by atoms with Crippen molar-refractivity contribution in [3.63, 3.8) is 0 Å². The highest BCUT2D eigenvalue weighted by atomic mass is 17.0. The van der Waals surface area contributed by atoms with Gasteiger partial charge in [0.25, 0.3) is 0 Å². The molecule has 1 aromatic rings. The fourth-order valence-corrected chi connectivity index (χ4v) is 2.26. The molecule has 1 heterocycles. The van der Waals surface area contributed by atoms with Crippen molar-refractivity contribution in [1.29, 1.82) is 0 Å². The molecule has 1 aromatic carbocycles. The van der Waals surface area contributed by atoms with Gasteiger partial charge in [0.05, 0.1) is 7.11 Å². The highest BCUT2D eigenvalue weighted by Gasteiger charge is 2.40. The van der Waals surface area contributed by atoms with Crippen molar-refractivity contribution in [3.05, 3.63) is 42.0 Å². The van der Waals surface area contributed by atoms with Crippen molar-refractivity contribution in [3.8, 4) is 17.2 Å². The van der Waals surface area contributed by atoms with Crippen LogP contribution in [0.3, 0.4) is 0 Å². The summed E-state index contributed by atoms with van der Waals surface area (Å²) in [4.78, 5) is 0. The van der Waals surface area contributed by atoms with Crippen LogP contribution in [0.4, 0.5) is 0 Å². The third kappa shape index (κ3) is 2.18. The average Bonchev–Trinajstić information content (AvgIpc) is 2.72. The average molecular weight is 262 g/mol. The lowest BCUT2D eigenvalue weighted by molar-refractivity contribution is -0.385. The second kappa shape index (κ2) is 4.29. The molecule has 0 saturated carbocycles. The SMILES string of the molecule is COc1cc(C2C=CC=CC2)cc2c1OC(O)(O)O2. The lowest BCUT2D eigenvalue weighted by atomic mass is 9.92. The number of ether oxygens (including phenoxy) is 3. The Balaban J connectivity index is 2.01. The zero-order chi connectivity index (χ0) is 13.5. The van der Waals surface area contributed by atoms with Gasteiger partial charge in [-0.25, -0.2) is 0 Å². The van der Waals surface area contributed by atoms with E-state index < -0.39 is 6.16 Å². The first kappa shape index (κ1) is 12.1. The Labute approximate surface area is 110 Å². The van der Waals surface area contributed by atoms with Gasteiger partial charge in [-0.1, -0.05) is 24.3 Å². The number of fused-ring (bicyclic) bond motifs is 1. The van der Waals surface area contributed by atoms with Gasteiger partial charge in [0, 0.05) is 5.92 Å². The van der Waals surface area contributed by atoms with Gasteiger partial charge in [0.1, 0.15) is 0 Å². The molecule has 100 valence electrons. The maximum atomic E-state index is 9.37. The predicted octanol–water partition coefficient (Wildman–Crippen LogP) is 1.66. The Kier molecular flexibility index (Phi) is 2.73. The number of benzene rings is 1. The molecular formula is C14H14O5. The van der Waals surface area contributed by atoms with E-state index >= 15 is 0 Å². The normalized spacial score (nSPS) is 22.6. The van der Waals surface area contributed by atoms with E-state index in [1.165, 1.54) is 7.11 Å². The fourth-order valence-electron chi connectivity index (χ4n) is 2.26. The molecule has 2 aliphatic rings. The van der Waals surface area contributed by atoms with Crippen molar-refractivity contribution in [2.75, 3.05) is 7.11 Å². The smallest absolute Gasteiger partial charge is 0.493 e. The maximum Gasteiger partial charge on any atom is 0.505 e. The van der Waals surface area contributed by atoms with E-state index in [-0.39, 0.29) is 17.4 Å². The number of hydrogen-bond donors (Lipinski definition) is 2. The molecule has 0 spiro atoms. The molecule has 0 saturated heterocycles. The number of rotatable bonds is 2. The van der Waals surface area contributed by atoms with Gasteiger partial charge in [-0.2, -0.15) is 0 Å². The van der Waals surface area contributed by atoms with E-state index in [9.17, 15) is 10.2 Å². The molecule has 0 amide bonds. The van der Waals surface area contributed by atoms with E-state index in [1.807, 2.05) is 18.2 Å². The number of aliphatic hydroxyl groups is 2. The summed E-state index contributed by atoms with van der Waals surface area (Å²) in [5, 5.41) is 18.7. The highest BCUT2D eigenvalue weighted by Crippen LogP contribution is 2.47. The van der Waals surface area contributed by atoms with E-state index in [0.29, 0.717) is 5.75 Å². The molecule has 0 fully saturated rings. The zero-order valence-corrected chi connectivity index (χ0v) is 10.4. The standard InChI is InChI=1S/C14H14O5/c1-17-11-7-10(9-5-3-2-4-6-9)8-12-13(11)19-14(15,16)18-12/h2-5,7-9,15-16H,6H2,1H3. The quantitative estimate of drug-likeness (QED) is 0.793.